The molecule has 5 nitrogen and oxygen atoms in total. The molecule has 28 heavy (non-hydrogen) atoms. The fourth-order valence-corrected chi connectivity index (χ4v) is 3.67. The average molecular weight is 385 g/mol. The predicted octanol–water partition coefficient (Wildman–Crippen LogP) is 6.97. The Morgan fingerprint density at radius 1 is 1.14 bits per heavy atom. The van der Waals surface area contributed by atoms with Gasteiger partial charge < -0.3 is 10.3 Å². The maximum Gasteiger partial charge on any atom is 0.338 e. The molecule has 0 aliphatic heterocycles. The standard InChI is InChI=1S/C23H32N2O3/c1-3-5-7-10-16-23(15-6-4-2)17-13-19(14-18-23)25(28)24-21-12-9-8-11-20(21)22(26)27/h8-9,11-14,17H,3-7,10,15-16,18H2,1-2H3,(H,26,27). The van der Waals surface area contributed by atoms with Gasteiger partial charge in [0, 0.05) is 11.2 Å². The Balaban J connectivity index is 2.13. The first-order valence-electron chi connectivity index (χ1n) is 10.4. The largest absolute Gasteiger partial charge is 0.594 e. The minimum absolute atomic E-state index is 0.0250. The van der Waals surface area contributed by atoms with E-state index in [2.05, 4.69) is 25.0 Å². The van der Waals surface area contributed by atoms with E-state index in [9.17, 15) is 15.1 Å². The maximum atomic E-state index is 12.5. The summed E-state index contributed by atoms with van der Waals surface area (Å²) in [6, 6.07) is 6.29. The molecule has 0 amide bonds. The van der Waals surface area contributed by atoms with Gasteiger partial charge in [0.15, 0.2) is 0 Å². The average Bonchev–Trinajstić information content (AvgIpc) is 2.70. The van der Waals surface area contributed by atoms with Crippen molar-refractivity contribution in [3.63, 3.8) is 0 Å². The summed E-state index contributed by atoms with van der Waals surface area (Å²) in [6.07, 6.45) is 16.4. The molecule has 1 aliphatic carbocycles. The zero-order valence-electron chi connectivity index (χ0n) is 17.1. The van der Waals surface area contributed by atoms with Crippen LogP contribution in [0.1, 0.15) is 82.0 Å². The molecule has 2 rings (SSSR count). The number of benzene rings is 1. The van der Waals surface area contributed by atoms with Crippen LogP contribution in [-0.2, 0) is 0 Å². The van der Waals surface area contributed by atoms with Gasteiger partial charge in [-0.3, -0.25) is 0 Å². The molecule has 152 valence electrons. The van der Waals surface area contributed by atoms with E-state index in [4.69, 9.17) is 0 Å². The molecule has 0 radical (unpaired) electrons. The van der Waals surface area contributed by atoms with Gasteiger partial charge in [-0.25, -0.2) is 4.79 Å². The van der Waals surface area contributed by atoms with E-state index in [-0.39, 0.29) is 16.7 Å². The second-order valence-electron chi connectivity index (χ2n) is 7.64. The van der Waals surface area contributed by atoms with E-state index in [0.29, 0.717) is 10.6 Å². The molecular weight excluding hydrogens is 352 g/mol. The lowest BCUT2D eigenvalue weighted by Gasteiger charge is -2.31. The lowest BCUT2D eigenvalue weighted by atomic mass is 9.73. The maximum absolute atomic E-state index is 12.5. The molecule has 0 saturated heterocycles. The number of hydroxylamine groups is 1. The molecule has 1 aromatic rings. The second-order valence-corrected chi connectivity index (χ2v) is 7.64. The van der Waals surface area contributed by atoms with Crippen LogP contribution < -0.4 is 0 Å². The molecule has 1 unspecified atom stereocenters. The lowest BCUT2D eigenvalue weighted by molar-refractivity contribution is -0.468. The van der Waals surface area contributed by atoms with Crippen molar-refractivity contribution in [2.24, 2.45) is 10.5 Å². The van der Waals surface area contributed by atoms with Crippen LogP contribution in [0.4, 0.5) is 5.69 Å². The first-order chi connectivity index (χ1) is 13.5. The molecule has 1 aromatic carbocycles. The van der Waals surface area contributed by atoms with Gasteiger partial charge in [0.2, 0.25) is 5.70 Å². The van der Waals surface area contributed by atoms with Gasteiger partial charge >= 0.3 is 5.97 Å². The number of azo groups is 1. The van der Waals surface area contributed by atoms with Gasteiger partial charge in [0.1, 0.15) is 5.69 Å². The van der Waals surface area contributed by atoms with Crippen molar-refractivity contribution < 1.29 is 14.8 Å². The Kier molecular flexibility index (Phi) is 8.42. The van der Waals surface area contributed by atoms with E-state index >= 15 is 0 Å². The minimum atomic E-state index is -1.09. The van der Waals surface area contributed by atoms with Crippen LogP contribution >= 0.6 is 0 Å². The van der Waals surface area contributed by atoms with Crippen LogP contribution in [0, 0.1) is 10.6 Å². The van der Waals surface area contributed by atoms with Crippen molar-refractivity contribution in [1.82, 2.24) is 0 Å². The van der Waals surface area contributed by atoms with Crippen molar-refractivity contribution >= 4 is 11.7 Å². The van der Waals surface area contributed by atoms with E-state index in [0.717, 1.165) is 25.7 Å². The summed E-state index contributed by atoms with van der Waals surface area (Å²) in [4.78, 5) is 11.8. The van der Waals surface area contributed by atoms with Crippen LogP contribution in [0.2, 0.25) is 0 Å². The third kappa shape index (κ3) is 6.04. The first kappa shape index (κ1) is 21.9. The summed E-state index contributed by atoms with van der Waals surface area (Å²) in [6.45, 7) is 4.42. The smallest absolute Gasteiger partial charge is 0.338 e. The van der Waals surface area contributed by atoms with Crippen LogP contribution in [0.3, 0.4) is 0 Å². The van der Waals surface area contributed by atoms with Gasteiger partial charge in [-0.15, -0.1) is 0 Å². The molecule has 0 spiro atoms. The molecule has 0 saturated carbocycles. The van der Waals surface area contributed by atoms with Gasteiger partial charge in [-0.2, -0.15) is 0 Å². The zero-order valence-corrected chi connectivity index (χ0v) is 17.1. The number of allylic oxidation sites excluding steroid dienone is 3. The number of rotatable bonds is 11. The Labute approximate surface area is 168 Å². The van der Waals surface area contributed by atoms with E-state index < -0.39 is 5.97 Å². The highest BCUT2D eigenvalue weighted by atomic mass is 16.5. The monoisotopic (exact) mass is 384 g/mol. The van der Waals surface area contributed by atoms with Crippen molar-refractivity contribution in [1.29, 1.82) is 0 Å². The Morgan fingerprint density at radius 3 is 2.50 bits per heavy atom. The van der Waals surface area contributed by atoms with Crippen molar-refractivity contribution in [3.05, 3.63) is 59.0 Å². The van der Waals surface area contributed by atoms with Crippen molar-refractivity contribution in [2.45, 2.75) is 71.6 Å². The number of hydrogen-bond donors (Lipinski definition) is 1. The SMILES string of the molecule is CCCCCCC1(CCCC)C=CC([N+]([O-])=Nc2ccccc2C(=O)O)=CC1. The van der Waals surface area contributed by atoms with Crippen LogP contribution in [0.25, 0.3) is 0 Å². The molecule has 1 atom stereocenters. The molecular formula is C23H32N2O3. The van der Waals surface area contributed by atoms with Gasteiger partial charge in [0.05, 0.1) is 5.56 Å². The number of aromatic carboxylic acids is 1. The second kappa shape index (κ2) is 10.8. The minimum Gasteiger partial charge on any atom is -0.594 e. The number of nitrogens with zero attached hydrogens (tertiary/aromatic N) is 2. The van der Waals surface area contributed by atoms with Crippen LogP contribution in [0.15, 0.2) is 53.3 Å². The lowest BCUT2D eigenvalue weighted by Crippen LogP contribution is -2.21. The van der Waals surface area contributed by atoms with Crippen LogP contribution in [-0.4, -0.2) is 15.9 Å². The van der Waals surface area contributed by atoms with E-state index in [1.807, 2.05) is 12.2 Å². The summed E-state index contributed by atoms with van der Waals surface area (Å²) in [5.41, 5.74) is 0.798. The van der Waals surface area contributed by atoms with Gasteiger partial charge in [-0.1, -0.05) is 75.4 Å². The molecule has 0 aromatic heterocycles. The highest BCUT2D eigenvalue weighted by Gasteiger charge is 2.29. The molecule has 1 N–H and O–H groups in total. The summed E-state index contributed by atoms with van der Waals surface area (Å²) in [5, 5.41) is 25.7. The highest BCUT2D eigenvalue weighted by Crippen LogP contribution is 2.40. The number of carbonyl (C=O) groups is 1. The summed E-state index contributed by atoms with van der Waals surface area (Å²) >= 11 is 0. The Hall–Kier alpha value is -2.43. The summed E-state index contributed by atoms with van der Waals surface area (Å²) < 4.78 is 0. The number of carboxylic acid groups (broad SMARTS) is 1. The van der Waals surface area contributed by atoms with E-state index in [1.54, 1.807) is 18.2 Å². The van der Waals surface area contributed by atoms with Crippen molar-refractivity contribution in [2.75, 3.05) is 0 Å². The summed E-state index contributed by atoms with van der Waals surface area (Å²) in [5.74, 6) is -1.09. The topological polar surface area (TPSA) is 75.7 Å². The molecule has 0 bridgehead atoms. The number of hydrogen-bond acceptors (Lipinski definition) is 3. The normalized spacial score (nSPS) is 19.5. The molecule has 1 aliphatic rings. The molecule has 5 heteroatoms. The molecule has 0 heterocycles. The van der Waals surface area contributed by atoms with E-state index in [1.165, 1.54) is 38.2 Å². The predicted molar refractivity (Wildman–Crippen MR) is 112 cm³/mol. The number of carboxylic acids is 1. The fourth-order valence-electron chi connectivity index (χ4n) is 3.67. The molecule has 0 fully saturated rings. The first-order valence-corrected chi connectivity index (χ1v) is 10.4. The summed E-state index contributed by atoms with van der Waals surface area (Å²) in [7, 11) is 0. The highest BCUT2D eigenvalue weighted by molar-refractivity contribution is 5.93. The Morgan fingerprint density at radius 2 is 1.86 bits per heavy atom. The quantitative estimate of drug-likeness (QED) is 0.194. The van der Waals surface area contributed by atoms with Crippen molar-refractivity contribution in [3.8, 4) is 0 Å². The Bertz CT molecular complexity index is 752. The van der Waals surface area contributed by atoms with Gasteiger partial charge in [0.25, 0.3) is 0 Å². The van der Waals surface area contributed by atoms with Crippen LogP contribution in [0.5, 0.6) is 0 Å². The fraction of sp³-hybridized carbons (Fsp3) is 0.522. The zero-order chi connectivity index (χ0) is 20.4. The van der Waals surface area contributed by atoms with Gasteiger partial charge in [-0.05, 0) is 42.9 Å². The third-order valence-electron chi connectivity index (χ3n) is 5.44. The third-order valence-corrected chi connectivity index (χ3v) is 5.44. The number of unbranched alkanes of at least 4 members (excludes halogenated alkanes) is 4.